The zero-order valence-corrected chi connectivity index (χ0v) is 16.2. The molecular formula is C26H18N4. The van der Waals surface area contributed by atoms with Crippen molar-refractivity contribution >= 4 is 0 Å². The summed E-state index contributed by atoms with van der Waals surface area (Å²) in [7, 11) is 0. The van der Waals surface area contributed by atoms with Gasteiger partial charge in [0.05, 0.1) is 5.69 Å². The Hall–Kier alpha value is -4.18. The summed E-state index contributed by atoms with van der Waals surface area (Å²) in [6, 6.07) is 32.6. The molecule has 142 valence electrons. The maximum absolute atomic E-state index is 4.68. The minimum absolute atomic E-state index is 0.653. The molecule has 0 aliphatic rings. The van der Waals surface area contributed by atoms with Gasteiger partial charge in [-0.2, -0.15) is 0 Å². The van der Waals surface area contributed by atoms with Gasteiger partial charge >= 0.3 is 0 Å². The molecule has 4 heteroatoms. The summed E-state index contributed by atoms with van der Waals surface area (Å²) in [4.78, 5) is 17.8. The summed E-state index contributed by atoms with van der Waals surface area (Å²) in [5, 5.41) is 0. The fourth-order valence-corrected chi connectivity index (χ4v) is 3.34. The van der Waals surface area contributed by atoms with E-state index in [0.29, 0.717) is 11.6 Å². The van der Waals surface area contributed by atoms with E-state index in [1.807, 2.05) is 72.8 Å². The lowest BCUT2D eigenvalue weighted by Crippen LogP contribution is -1.95. The Morgan fingerprint density at radius 3 is 1.53 bits per heavy atom. The fourth-order valence-electron chi connectivity index (χ4n) is 3.34. The van der Waals surface area contributed by atoms with Gasteiger partial charge in [0.2, 0.25) is 0 Å². The van der Waals surface area contributed by atoms with Gasteiger partial charge < -0.3 is 0 Å². The predicted octanol–water partition coefficient (Wildman–Crippen LogP) is 5.93. The van der Waals surface area contributed by atoms with Crippen molar-refractivity contribution in [3.63, 3.8) is 0 Å². The third-order valence-corrected chi connectivity index (χ3v) is 4.93. The molecule has 0 aliphatic carbocycles. The number of aromatic nitrogens is 4. The Kier molecular flexibility index (Phi) is 4.80. The van der Waals surface area contributed by atoms with Gasteiger partial charge in [0.25, 0.3) is 0 Å². The quantitative estimate of drug-likeness (QED) is 0.384. The van der Waals surface area contributed by atoms with E-state index >= 15 is 0 Å². The first-order chi connectivity index (χ1) is 14.9. The Morgan fingerprint density at radius 1 is 0.400 bits per heavy atom. The highest BCUT2D eigenvalue weighted by molar-refractivity contribution is 5.69. The molecule has 0 spiro atoms. The number of hydrogen-bond acceptors (Lipinski definition) is 4. The first kappa shape index (κ1) is 17.9. The van der Waals surface area contributed by atoms with Crippen molar-refractivity contribution < 1.29 is 0 Å². The van der Waals surface area contributed by atoms with Crippen LogP contribution in [0.5, 0.6) is 0 Å². The van der Waals surface area contributed by atoms with Crippen LogP contribution in [0.4, 0.5) is 0 Å². The molecule has 0 saturated heterocycles. The Morgan fingerprint density at radius 2 is 0.933 bits per heavy atom. The molecule has 3 aromatic carbocycles. The Labute approximate surface area is 175 Å². The molecule has 2 heterocycles. The monoisotopic (exact) mass is 386 g/mol. The van der Waals surface area contributed by atoms with E-state index in [9.17, 15) is 0 Å². The summed E-state index contributed by atoms with van der Waals surface area (Å²) in [6.07, 6.45) is 3.36. The van der Waals surface area contributed by atoms with Crippen LogP contribution in [0.3, 0.4) is 0 Å². The molecule has 0 N–H and O–H groups in total. The minimum Gasteiger partial charge on any atom is -0.256 e. The van der Waals surface area contributed by atoms with Crippen LogP contribution < -0.4 is 0 Å². The normalized spacial score (nSPS) is 10.7. The maximum atomic E-state index is 4.68. The molecular weight excluding hydrogens is 368 g/mol. The van der Waals surface area contributed by atoms with Crippen LogP contribution in [0.25, 0.3) is 45.2 Å². The molecule has 0 aliphatic heterocycles. The summed E-state index contributed by atoms with van der Waals surface area (Å²) in [5.74, 6) is 1.31. The second-order valence-electron chi connectivity index (χ2n) is 6.87. The van der Waals surface area contributed by atoms with Crippen LogP contribution in [0, 0.1) is 0 Å². The van der Waals surface area contributed by atoms with Crippen molar-refractivity contribution in [2.24, 2.45) is 0 Å². The highest BCUT2D eigenvalue weighted by Gasteiger charge is 2.07. The van der Waals surface area contributed by atoms with Gasteiger partial charge in [-0.05, 0) is 23.3 Å². The van der Waals surface area contributed by atoms with Gasteiger partial charge in [-0.3, -0.25) is 4.98 Å². The molecule has 0 bridgehead atoms. The van der Waals surface area contributed by atoms with Crippen LogP contribution in [-0.4, -0.2) is 19.9 Å². The van der Waals surface area contributed by atoms with E-state index in [0.717, 1.165) is 22.4 Å². The van der Waals surface area contributed by atoms with Gasteiger partial charge in [0.15, 0.2) is 11.6 Å². The predicted molar refractivity (Wildman–Crippen MR) is 119 cm³/mol. The molecule has 5 aromatic rings. The Bertz CT molecular complexity index is 1150. The molecule has 0 fully saturated rings. The largest absolute Gasteiger partial charge is 0.256 e. The molecule has 2 aromatic heterocycles. The van der Waals surface area contributed by atoms with Crippen molar-refractivity contribution in [2.45, 2.75) is 0 Å². The zero-order chi connectivity index (χ0) is 20.2. The first-order valence-corrected chi connectivity index (χ1v) is 9.73. The van der Waals surface area contributed by atoms with Crippen LogP contribution in [0.15, 0.2) is 110 Å². The number of hydrogen-bond donors (Lipinski definition) is 0. The lowest BCUT2D eigenvalue weighted by Gasteiger charge is -2.06. The molecule has 0 radical (unpaired) electrons. The van der Waals surface area contributed by atoms with Crippen molar-refractivity contribution in [2.75, 3.05) is 0 Å². The number of rotatable bonds is 4. The fraction of sp³-hybridized carbons (Fsp3) is 0. The third-order valence-electron chi connectivity index (χ3n) is 4.93. The summed E-state index contributed by atoms with van der Waals surface area (Å²) < 4.78 is 0. The summed E-state index contributed by atoms with van der Waals surface area (Å²) in [5.41, 5.74) is 6.26. The summed E-state index contributed by atoms with van der Waals surface area (Å²) >= 11 is 0. The van der Waals surface area contributed by atoms with E-state index in [-0.39, 0.29) is 0 Å². The smallest absolute Gasteiger partial charge is 0.163 e. The average molecular weight is 386 g/mol. The number of benzene rings is 3. The second kappa shape index (κ2) is 8.05. The van der Waals surface area contributed by atoms with Gasteiger partial charge in [-0.1, -0.05) is 84.9 Å². The number of nitrogens with zero attached hydrogens (tertiary/aromatic N) is 4. The molecule has 30 heavy (non-hydrogen) atoms. The summed E-state index contributed by atoms with van der Waals surface area (Å²) in [6.45, 7) is 0. The van der Waals surface area contributed by atoms with Crippen LogP contribution in [0.2, 0.25) is 0 Å². The maximum Gasteiger partial charge on any atom is 0.163 e. The molecule has 0 atom stereocenters. The lowest BCUT2D eigenvalue weighted by molar-refractivity contribution is 1.07. The van der Waals surface area contributed by atoms with Crippen molar-refractivity contribution in [1.29, 1.82) is 0 Å². The molecule has 4 nitrogen and oxygen atoms in total. The van der Waals surface area contributed by atoms with E-state index < -0.39 is 0 Å². The standard InChI is InChI=1S/C26H18N4/c1-2-6-19(7-3-1)20-9-13-22(14-10-20)25-28-18-29-26(30-25)23-15-11-21(12-16-23)24-8-4-5-17-27-24/h1-18H. The average Bonchev–Trinajstić information content (AvgIpc) is 2.85. The zero-order valence-electron chi connectivity index (χ0n) is 16.2. The highest BCUT2D eigenvalue weighted by Crippen LogP contribution is 2.25. The number of pyridine rings is 1. The van der Waals surface area contributed by atoms with Crippen LogP contribution in [-0.2, 0) is 0 Å². The molecule has 5 rings (SSSR count). The van der Waals surface area contributed by atoms with E-state index in [4.69, 9.17) is 0 Å². The minimum atomic E-state index is 0.653. The van der Waals surface area contributed by atoms with Gasteiger partial charge in [-0.15, -0.1) is 0 Å². The van der Waals surface area contributed by atoms with E-state index in [2.05, 4.69) is 44.2 Å². The Balaban J connectivity index is 1.42. The van der Waals surface area contributed by atoms with Gasteiger partial charge in [-0.25, -0.2) is 15.0 Å². The van der Waals surface area contributed by atoms with Crippen LogP contribution in [0.1, 0.15) is 0 Å². The SMILES string of the molecule is c1ccc(-c2ccc(-c3ncnc(-c4ccc(-c5ccccn5)cc4)n3)cc2)cc1. The first-order valence-electron chi connectivity index (χ1n) is 9.73. The van der Waals surface area contributed by atoms with Gasteiger partial charge in [0, 0.05) is 22.9 Å². The molecule has 0 unspecified atom stereocenters. The van der Waals surface area contributed by atoms with Crippen molar-refractivity contribution in [3.05, 3.63) is 110 Å². The molecule has 0 amide bonds. The van der Waals surface area contributed by atoms with E-state index in [1.165, 1.54) is 11.1 Å². The van der Waals surface area contributed by atoms with Crippen molar-refractivity contribution in [1.82, 2.24) is 19.9 Å². The third kappa shape index (κ3) is 3.71. The van der Waals surface area contributed by atoms with Crippen LogP contribution >= 0.6 is 0 Å². The lowest BCUT2D eigenvalue weighted by atomic mass is 10.0. The second-order valence-corrected chi connectivity index (χ2v) is 6.87. The molecule has 0 saturated carbocycles. The highest BCUT2D eigenvalue weighted by atomic mass is 15.0. The van der Waals surface area contributed by atoms with Gasteiger partial charge in [0.1, 0.15) is 6.33 Å². The topological polar surface area (TPSA) is 51.6 Å². The van der Waals surface area contributed by atoms with Crippen molar-refractivity contribution in [3.8, 4) is 45.2 Å². The van der Waals surface area contributed by atoms with E-state index in [1.54, 1.807) is 12.5 Å².